The zero-order valence-corrected chi connectivity index (χ0v) is 18.4. The van der Waals surface area contributed by atoms with E-state index in [1.54, 1.807) is 20.0 Å². The number of rotatable bonds is 8. The summed E-state index contributed by atoms with van der Waals surface area (Å²) in [5, 5.41) is 12.2. The van der Waals surface area contributed by atoms with Gasteiger partial charge in [-0.3, -0.25) is 14.6 Å². The van der Waals surface area contributed by atoms with Crippen molar-refractivity contribution in [3.8, 4) is 11.8 Å². The van der Waals surface area contributed by atoms with Crippen molar-refractivity contribution in [2.45, 2.75) is 46.3 Å². The Hall–Kier alpha value is -3.92. The highest BCUT2D eigenvalue weighted by molar-refractivity contribution is 5.76. The summed E-state index contributed by atoms with van der Waals surface area (Å²) in [6.45, 7) is 5.81. The zero-order chi connectivity index (χ0) is 23.1. The molecule has 0 radical (unpaired) electrons. The Balaban J connectivity index is 1.59. The number of nitrogens with one attached hydrogen (secondary N) is 2. The first-order chi connectivity index (χ1) is 15.4. The molecule has 2 heterocycles. The van der Waals surface area contributed by atoms with E-state index in [9.17, 15) is 14.9 Å². The smallest absolute Gasteiger partial charge is 0.266 e. The molecule has 7 nitrogen and oxygen atoms in total. The molecule has 0 aliphatic heterocycles. The third-order valence-electron chi connectivity index (χ3n) is 5.37. The quantitative estimate of drug-likeness (QED) is 0.567. The van der Waals surface area contributed by atoms with Gasteiger partial charge in [-0.25, -0.2) is 0 Å². The Morgan fingerprint density at radius 3 is 2.78 bits per heavy atom. The van der Waals surface area contributed by atoms with Crippen molar-refractivity contribution in [1.29, 1.82) is 5.26 Å². The molecule has 32 heavy (non-hydrogen) atoms. The lowest BCUT2D eigenvalue weighted by molar-refractivity contribution is -0.121. The van der Waals surface area contributed by atoms with Crippen molar-refractivity contribution in [1.82, 2.24) is 15.3 Å². The van der Waals surface area contributed by atoms with Gasteiger partial charge in [0.15, 0.2) is 0 Å². The predicted molar refractivity (Wildman–Crippen MR) is 121 cm³/mol. The minimum absolute atomic E-state index is 0.0990. The second-order valence-corrected chi connectivity index (χ2v) is 7.64. The Labute approximate surface area is 187 Å². The fourth-order valence-electron chi connectivity index (χ4n) is 3.57. The maximum atomic E-state index is 12.6. The van der Waals surface area contributed by atoms with E-state index in [1.807, 2.05) is 55.5 Å². The number of benzene rings is 1. The lowest BCUT2D eigenvalue weighted by atomic mass is 9.99. The van der Waals surface area contributed by atoms with Gasteiger partial charge in [0, 0.05) is 18.3 Å². The van der Waals surface area contributed by atoms with Crippen LogP contribution in [0.4, 0.5) is 0 Å². The summed E-state index contributed by atoms with van der Waals surface area (Å²) < 4.78 is 5.82. The van der Waals surface area contributed by atoms with E-state index in [1.165, 1.54) is 0 Å². The Bertz CT molecular complexity index is 1200. The Morgan fingerprint density at radius 2 is 2.06 bits per heavy atom. The monoisotopic (exact) mass is 430 g/mol. The van der Waals surface area contributed by atoms with E-state index in [0.717, 1.165) is 16.8 Å². The first-order valence-electron chi connectivity index (χ1n) is 10.4. The molecule has 3 aromatic rings. The fraction of sp³-hybridized carbons (Fsp3) is 0.280. The Morgan fingerprint density at radius 1 is 1.25 bits per heavy atom. The SMILES string of the molecule is Cc1[nH]c(=O)c(C#N)c(C)c1CCC(=O)NC(C)c1cccc(OCc2ccccn2)c1. The topological polar surface area (TPSA) is 108 Å². The van der Waals surface area contributed by atoms with Crippen LogP contribution in [0.25, 0.3) is 0 Å². The van der Waals surface area contributed by atoms with Crippen LogP contribution in [0, 0.1) is 25.2 Å². The average Bonchev–Trinajstić information content (AvgIpc) is 2.78. The van der Waals surface area contributed by atoms with Crippen LogP contribution in [0.2, 0.25) is 0 Å². The number of hydrogen-bond acceptors (Lipinski definition) is 5. The second-order valence-electron chi connectivity index (χ2n) is 7.64. The zero-order valence-electron chi connectivity index (χ0n) is 18.4. The molecule has 0 fully saturated rings. The van der Waals surface area contributed by atoms with Crippen molar-refractivity contribution >= 4 is 5.91 Å². The molecule has 0 aliphatic carbocycles. The highest BCUT2D eigenvalue weighted by Crippen LogP contribution is 2.21. The van der Waals surface area contributed by atoms with Gasteiger partial charge < -0.3 is 15.0 Å². The largest absolute Gasteiger partial charge is 0.487 e. The number of amides is 1. The lowest BCUT2D eigenvalue weighted by Gasteiger charge is -2.16. The van der Waals surface area contributed by atoms with Crippen molar-refractivity contribution in [2.24, 2.45) is 0 Å². The van der Waals surface area contributed by atoms with E-state index in [-0.39, 0.29) is 23.9 Å². The van der Waals surface area contributed by atoms with E-state index in [2.05, 4.69) is 15.3 Å². The van der Waals surface area contributed by atoms with Crippen LogP contribution in [-0.2, 0) is 17.8 Å². The van der Waals surface area contributed by atoms with Crippen molar-refractivity contribution in [3.05, 3.63) is 92.7 Å². The molecule has 2 aromatic heterocycles. The van der Waals surface area contributed by atoms with Crippen molar-refractivity contribution < 1.29 is 9.53 Å². The lowest BCUT2D eigenvalue weighted by Crippen LogP contribution is -2.27. The molecular weight excluding hydrogens is 404 g/mol. The third-order valence-corrected chi connectivity index (χ3v) is 5.37. The van der Waals surface area contributed by atoms with Crippen LogP contribution < -0.4 is 15.6 Å². The average molecular weight is 431 g/mol. The van der Waals surface area contributed by atoms with E-state index in [4.69, 9.17) is 4.74 Å². The molecule has 164 valence electrons. The molecule has 0 spiro atoms. The molecule has 1 aromatic carbocycles. The minimum Gasteiger partial charge on any atom is -0.487 e. The molecule has 2 N–H and O–H groups in total. The predicted octanol–water partition coefficient (Wildman–Crippen LogP) is 3.65. The third kappa shape index (κ3) is 5.61. The highest BCUT2D eigenvalue weighted by Gasteiger charge is 2.15. The molecule has 0 saturated heterocycles. The number of pyridine rings is 2. The van der Waals surface area contributed by atoms with Gasteiger partial charge >= 0.3 is 0 Å². The molecule has 1 amide bonds. The second kappa shape index (κ2) is 10.4. The van der Waals surface area contributed by atoms with Crippen LogP contribution in [0.5, 0.6) is 5.75 Å². The van der Waals surface area contributed by atoms with Gasteiger partial charge in [-0.1, -0.05) is 18.2 Å². The summed E-state index contributed by atoms with van der Waals surface area (Å²) in [6.07, 6.45) is 2.41. The molecule has 0 saturated carbocycles. The van der Waals surface area contributed by atoms with Crippen LogP contribution in [0.15, 0.2) is 53.5 Å². The van der Waals surface area contributed by atoms with Gasteiger partial charge in [-0.15, -0.1) is 0 Å². The maximum Gasteiger partial charge on any atom is 0.266 e. The van der Waals surface area contributed by atoms with Crippen LogP contribution in [0.3, 0.4) is 0 Å². The van der Waals surface area contributed by atoms with Gasteiger partial charge in [-0.05, 0) is 68.1 Å². The minimum atomic E-state index is -0.394. The number of aryl methyl sites for hydroxylation is 1. The number of ether oxygens (including phenoxy) is 1. The first kappa shape index (κ1) is 22.8. The standard InChI is InChI=1S/C25H26N4O3/c1-16-22(18(3)29-25(31)23(16)14-26)10-11-24(30)28-17(2)19-7-6-9-21(13-19)32-15-20-8-4-5-12-27-20/h4-9,12-13,17H,10-11,15H2,1-3H3,(H,28,30)(H,29,31). The summed E-state index contributed by atoms with van der Waals surface area (Å²) in [5.41, 5.74) is 3.62. The van der Waals surface area contributed by atoms with E-state index >= 15 is 0 Å². The molecule has 1 atom stereocenters. The molecule has 1 unspecified atom stereocenters. The number of carbonyl (C=O) groups excluding carboxylic acids is 1. The molecule has 0 bridgehead atoms. The number of nitriles is 1. The van der Waals surface area contributed by atoms with Gasteiger partial charge in [-0.2, -0.15) is 5.26 Å². The van der Waals surface area contributed by atoms with Gasteiger partial charge in [0.2, 0.25) is 5.91 Å². The van der Waals surface area contributed by atoms with Crippen LogP contribution >= 0.6 is 0 Å². The first-order valence-corrected chi connectivity index (χ1v) is 10.4. The summed E-state index contributed by atoms with van der Waals surface area (Å²) in [7, 11) is 0. The Kier molecular flexibility index (Phi) is 7.40. The summed E-state index contributed by atoms with van der Waals surface area (Å²) >= 11 is 0. The maximum absolute atomic E-state index is 12.6. The number of carbonyl (C=O) groups is 1. The summed E-state index contributed by atoms with van der Waals surface area (Å²) in [5.74, 6) is 0.596. The van der Waals surface area contributed by atoms with Crippen molar-refractivity contribution in [3.63, 3.8) is 0 Å². The molecule has 7 heteroatoms. The number of nitrogens with zero attached hydrogens (tertiary/aromatic N) is 2. The van der Waals surface area contributed by atoms with E-state index < -0.39 is 5.56 Å². The number of aromatic nitrogens is 2. The summed E-state index contributed by atoms with van der Waals surface area (Å²) in [4.78, 5) is 31.4. The normalized spacial score (nSPS) is 11.4. The molecule has 3 rings (SSSR count). The molecule has 0 aliphatic rings. The van der Waals surface area contributed by atoms with Gasteiger partial charge in [0.1, 0.15) is 24.0 Å². The molecular formula is C25H26N4O3. The van der Waals surface area contributed by atoms with Crippen molar-refractivity contribution in [2.75, 3.05) is 0 Å². The number of hydrogen-bond donors (Lipinski definition) is 2. The highest BCUT2D eigenvalue weighted by atomic mass is 16.5. The van der Waals surface area contributed by atoms with Crippen LogP contribution in [0.1, 0.15) is 53.0 Å². The fourth-order valence-corrected chi connectivity index (χ4v) is 3.57. The number of H-pyrrole nitrogens is 1. The van der Waals surface area contributed by atoms with Gasteiger partial charge in [0.25, 0.3) is 5.56 Å². The summed E-state index contributed by atoms with van der Waals surface area (Å²) in [6, 6.07) is 15.0. The van der Waals surface area contributed by atoms with Gasteiger partial charge in [0.05, 0.1) is 11.7 Å². The van der Waals surface area contributed by atoms with E-state index in [0.29, 0.717) is 30.0 Å². The number of aromatic amines is 1. The van der Waals surface area contributed by atoms with Crippen LogP contribution in [-0.4, -0.2) is 15.9 Å².